The molecular weight excluding hydrogens is 488 g/mol. The maximum atomic E-state index is 13.6. The van der Waals surface area contributed by atoms with Crippen LogP contribution in [0.15, 0.2) is 82.2 Å². The molecule has 0 fully saturated rings. The van der Waals surface area contributed by atoms with Gasteiger partial charge in [-0.1, -0.05) is 59.9 Å². The highest BCUT2D eigenvalue weighted by molar-refractivity contribution is 7.07. The lowest BCUT2D eigenvalue weighted by Crippen LogP contribution is -2.39. The predicted molar refractivity (Wildman–Crippen MR) is 134 cm³/mol. The SMILES string of the molecule is C=CCOC(=O)C1=C(C)N=c2s/c(=C\c3ccc(Cl)cc3)c(=O)n2[C@H]1c1ccc(OC(C)=O)cc1. The fourth-order valence-corrected chi connectivity index (χ4v) is 4.88. The minimum absolute atomic E-state index is 0.0225. The van der Waals surface area contributed by atoms with Crippen LogP contribution in [0.25, 0.3) is 6.08 Å². The van der Waals surface area contributed by atoms with Gasteiger partial charge in [-0.3, -0.25) is 14.2 Å². The van der Waals surface area contributed by atoms with Crippen molar-refractivity contribution in [3.05, 3.63) is 108 Å². The van der Waals surface area contributed by atoms with Gasteiger partial charge in [0.25, 0.3) is 5.56 Å². The average molecular weight is 509 g/mol. The van der Waals surface area contributed by atoms with Gasteiger partial charge >= 0.3 is 11.9 Å². The predicted octanol–water partition coefficient (Wildman–Crippen LogP) is 3.54. The van der Waals surface area contributed by atoms with E-state index in [4.69, 9.17) is 21.1 Å². The quantitative estimate of drug-likeness (QED) is 0.289. The van der Waals surface area contributed by atoms with E-state index in [0.717, 1.165) is 5.56 Å². The molecule has 1 aliphatic heterocycles. The number of thiazole rings is 1. The first-order valence-corrected chi connectivity index (χ1v) is 11.8. The molecule has 1 aliphatic rings. The Morgan fingerprint density at radius 1 is 1.17 bits per heavy atom. The Balaban J connectivity index is 1.88. The van der Waals surface area contributed by atoms with E-state index in [1.165, 1.54) is 28.9 Å². The Hall–Kier alpha value is -3.75. The van der Waals surface area contributed by atoms with Crippen molar-refractivity contribution in [1.82, 2.24) is 4.57 Å². The second-order valence-electron chi connectivity index (χ2n) is 7.68. The van der Waals surface area contributed by atoms with Gasteiger partial charge in [0.15, 0.2) is 4.80 Å². The van der Waals surface area contributed by atoms with E-state index in [9.17, 15) is 14.4 Å². The highest BCUT2D eigenvalue weighted by Crippen LogP contribution is 2.31. The smallest absolute Gasteiger partial charge is 0.338 e. The van der Waals surface area contributed by atoms with Crippen LogP contribution < -0.4 is 19.6 Å². The van der Waals surface area contributed by atoms with Gasteiger partial charge in [-0.15, -0.1) is 0 Å². The van der Waals surface area contributed by atoms with E-state index in [1.54, 1.807) is 49.4 Å². The Bertz CT molecular complexity index is 1520. The molecular formula is C26H21ClN2O5S. The van der Waals surface area contributed by atoms with Gasteiger partial charge in [0.1, 0.15) is 12.4 Å². The van der Waals surface area contributed by atoms with Gasteiger partial charge in [0.2, 0.25) is 0 Å². The molecule has 0 radical (unpaired) electrons. The van der Waals surface area contributed by atoms with Crippen LogP contribution in [0.3, 0.4) is 0 Å². The third-order valence-electron chi connectivity index (χ3n) is 5.20. The highest BCUT2D eigenvalue weighted by atomic mass is 35.5. The van der Waals surface area contributed by atoms with Crippen molar-refractivity contribution in [3.8, 4) is 5.75 Å². The lowest BCUT2D eigenvalue weighted by molar-refractivity contribution is -0.138. The van der Waals surface area contributed by atoms with Crippen LogP contribution in [0, 0.1) is 0 Å². The Labute approximate surface area is 209 Å². The van der Waals surface area contributed by atoms with Gasteiger partial charge in [0.05, 0.1) is 21.8 Å². The van der Waals surface area contributed by atoms with E-state index < -0.39 is 18.0 Å². The van der Waals surface area contributed by atoms with Crippen LogP contribution in [-0.2, 0) is 14.3 Å². The number of ether oxygens (including phenoxy) is 2. The molecule has 0 bridgehead atoms. The second kappa shape index (κ2) is 10.2. The standard InChI is InChI=1S/C26H21ClN2O5S/c1-4-13-33-25(32)22-15(2)28-26-29(23(22)18-7-11-20(12-8-18)34-16(3)30)24(31)21(35-26)14-17-5-9-19(27)10-6-17/h4-12,14,23H,1,13H2,2-3H3/b21-14-/t23-/m0/s1. The van der Waals surface area contributed by atoms with Crippen molar-refractivity contribution >= 4 is 41.0 Å². The number of aromatic nitrogens is 1. The minimum Gasteiger partial charge on any atom is -0.458 e. The molecule has 1 aromatic heterocycles. The molecule has 2 heterocycles. The molecule has 7 nitrogen and oxygen atoms in total. The Kier molecular flexibility index (Phi) is 7.14. The van der Waals surface area contributed by atoms with Crippen LogP contribution >= 0.6 is 22.9 Å². The fourth-order valence-electron chi connectivity index (χ4n) is 3.70. The Morgan fingerprint density at radius 3 is 2.49 bits per heavy atom. The zero-order chi connectivity index (χ0) is 25.1. The first-order valence-electron chi connectivity index (χ1n) is 10.6. The largest absolute Gasteiger partial charge is 0.458 e. The zero-order valence-corrected chi connectivity index (χ0v) is 20.6. The number of halogens is 1. The molecule has 0 amide bonds. The lowest BCUT2D eigenvalue weighted by Gasteiger charge is -2.24. The van der Waals surface area contributed by atoms with E-state index >= 15 is 0 Å². The van der Waals surface area contributed by atoms with Gasteiger partial charge in [0, 0.05) is 11.9 Å². The van der Waals surface area contributed by atoms with E-state index in [0.29, 0.717) is 31.4 Å². The second-order valence-corrected chi connectivity index (χ2v) is 9.13. The summed E-state index contributed by atoms with van der Waals surface area (Å²) in [7, 11) is 0. The summed E-state index contributed by atoms with van der Waals surface area (Å²) in [5.41, 5.74) is 1.85. The van der Waals surface area contributed by atoms with Crippen LogP contribution in [0.4, 0.5) is 0 Å². The average Bonchev–Trinajstić information content (AvgIpc) is 3.12. The maximum absolute atomic E-state index is 13.6. The first-order chi connectivity index (χ1) is 16.8. The number of allylic oxidation sites excluding steroid dienone is 1. The number of rotatable bonds is 6. The van der Waals surface area contributed by atoms with Crippen LogP contribution in [0.5, 0.6) is 5.75 Å². The number of hydrogen-bond donors (Lipinski definition) is 0. The molecule has 178 valence electrons. The van der Waals surface area contributed by atoms with Crippen molar-refractivity contribution in [2.24, 2.45) is 4.99 Å². The van der Waals surface area contributed by atoms with Crippen LogP contribution in [-0.4, -0.2) is 23.1 Å². The molecule has 0 aliphatic carbocycles. The van der Waals surface area contributed by atoms with Gasteiger partial charge < -0.3 is 9.47 Å². The summed E-state index contributed by atoms with van der Waals surface area (Å²) < 4.78 is 12.4. The lowest BCUT2D eigenvalue weighted by atomic mass is 9.96. The van der Waals surface area contributed by atoms with Crippen LogP contribution in [0.1, 0.15) is 31.0 Å². The number of esters is 2. The van der Waals surface area contributed by atoms with Gasteiger partial charge in [-0.25, -0.2) is 9.79 Å². The van der Waals surface area contributed by atoms with Crippen molar-refractivity contribution in [2.45, 2.75) is 19.9 Å². The molecule has 0 saturated carbocycles. The van der Waals surface area contributed by atoms with Gasteiger partial charge in [-0.05, 0) is 48.4 Å². The highest BCUT2D eigenvalue weighted by Gasteiger charge is 2.33. The molecule has 1 atom stereocenters. The summed E-state index contributed by atoms with van der Waals surface area (Å²) in [6.45, 7) is 6.63. The summed E-state index contributed by atoms with van der Waals surface area (Å²) in [5.74, 6) is -0.683. The van der Waals surface area contributed by atoms with Crippen molar-refractivity contribution in [3.63, 3.8) is 0 Å². The van der Waals surface area contributed by atoms with Crippen LogP contribution in [0.2, 0.25) is 5.02 Å². The molecule has 35 heavy (non-hydrogen) atoms. The molecule has 0 saturated heterocycles. The third-order valence-corrected chi connectivity index (χ3v) is 6.43. The maximum Gasteiger partial charge on any atom is 0.338 e. The number of benzene rings is 2. The molecule has 3 aromatic rings. The van der Waals surface area contributed by atoms with E-state index in [1.807, 2.05) is 12.1 Å². The number of carbonyl (C=O) groups excluding carboxylic acids is 2. The van der Waals surface area contributed by atoms with Crippen molar-refractivity contribution in [1.29, 1.82) is 0 Å². The van der Waals surface area contributed by atoms with Gasteiger partial charge in [-0.2, -0.15) is 0 Å². The monoisotopic (exact) mass is 508 g/mol. The first kappa shape index (κ1) is 24.4. The number of carbonyl (C=O) groups is 2. The summed E-state index contributed by atoms with van der Waals surface area (Å²) in [6.07, 6.45) is 3.23. The third kappa shape index (κ3) is 5.18. The summed E-state index contributed by atoms with van der Waals surface area (Å²) in [6, 6.07) is 13.0. The topological polar surface area (TPSA) is 87.0 Å². The molecule has 2 aromatic carbocycles. The van der Waals surface area contributed by atoms with E-state index in [2.05, 4.69) is 11.6 Å². The number of fused-ring (bicyclic) bond motifs is 1. The molecule has 0 spiro atoms. The summed E-state index contributed by atoms with van der Waals surface area (Å²) in [5, 5.41) is 0.596. The normalized spacial score (nSPS) is 15.3. The minimum atomic E-state index is -0.776. The van der Waals surface area contributed by atoms with Crippen molar-refractivity contribution in [2.75, 3.05) is 6.61 Å². The number of nitrogens with zero attached hydrogens (tertiary/aromatic N) is 2. The summed E-state index contributed by atoms with van der Waals surface area (Å²) in [4.78, 5) is 42.9. The molecule has 9 heteroatoms. The van der Waals surface area contributed by atoms with E-state index in [-0.39, 0.29) is 17.7 Å². The zero-order valence-electron chi connectivity index (χ0n) is 19.0. The molecule has 4 rings (SSSR count). The number of hydrogen-bond acceptors (Lipinski definition) is 7. The van der Waals surface area contributed by atoms with Crippen molar-refractivity contribution < 1.29 is 19.1 Å². The fraction of sp³-hybridized carbons (Fsp3) is 0.154. The molecule has 0 N–H and O–H groups in total. The Morgan fingerprint density at radius 2 is 1.86 bits per heavy atom. The summed E-state index contributed by atoms with van der Waals surface area (Å²) >= 11 is 7.21. The molecule has 0 unspecified atom stereocenters.